The molecule has 2 aromatic heterocycles. The number of ether oxygens (including phenoxy) is 1. The normalized spacial score (nSPS) is 11.7. The number of methoxy groups -OCH3 is 1. The van der Waals surface area contributed by atoms with Crippen LogP contribution in [0.25, 0.3) is 22.3 Å². The number of pyridine rings is 1. The molecule has 35 heavy (non-hydrogen) atoms. The molecule has 4 aromatic rings. The molecule has 4 rings (SSSR count). The molecule has 2 heterocycles. The number of hydrogen-bond acceptors (Lipinski definition) is 7. The van der Waals surface area contributed by atoms with Gasteiger partial charge < -0.3 is 10.1 Å². The number of hydrogen-bond donors (Lipinski definition) is 1. The third kappa shape index (κ3) is 4.59. The number of anilines is 1. The fourth-order valence-electron chi connectivity index (χ4n) is 3.95. The lowest BCUT2D eigenvalue weighted by atomic mass is 10.0. The molecule has 8 nitrogen and oxygen atoms in total. The van der Waals surface area contributed by atoms with Gasteiger partial charge in [-0.15, -0.1) is 0 Å². The molecule has 9 heteroatoms. The van der Waals surface area contributed by atoms with E-state index >= 15 is 0 Å². The number of carbonyl (C=O) groups excluding carboxylic acids is 1. The minimum absolute atomic E-state index is 0.0611. The maximum atomic E-state index is 13.3. The number of carbonyl (C=O) groups is 1. The van der Waals surface area contributed by atoms with Gasteiger partial charge in [0.05, 0.1) is 41.4 Å². The van der Waals surface area contributed by atoms with E-state index in [0.717, 1.165) is 11.1 Å². The number of aryl methyl sites for hydroxylation is 1. The van der Waals surface area contributed by atoms with Crippen molar-refractivity contribution in [2.24, 2.45) is 7.05 Å². The summed E-state index contributed by atoms with van der Waals surface area (Å²) in [6, 6.07) is 15.7. The van der Waals surface area contributed by atoms with Gasteiger partial charge in [-0.05, 0) is 61.9 Å². The topological polar surface area (TPSA) is 110 Å². The van der Waals surface area contributed by atoms with Gasteiger partial charge in [-0.3, -0.25) is 9.36 Å². The third-order valence-electron chi connectivity index (χ3n) is 5.70. The van der Waals surface area contributed by atoms with Crippen LogP contribution in [0.15, 0.2) is 53.3 Å². The van der Waals surface area contributed by atoms with Crippen molar-refractivity contribution in [3.63, 3.8) is 0 Å². The molecule has 0 fully saturated rings. The van der Waals surface area contributed by atoms with Gasteiger partial charge in [0.25, 0.3) is 5.56 Å². The summed E-state index contributed by atoms with van der Waals surface area (Å²) in [5.41, 5.74) is 3.77. The van der Waals surface area contributed by atoms with Crippen LogP contribution in [0.2, 0.25) is 5.15 Å². The summed E-state index contributed by atoms with van der Waals surface area (Å²) in [4.78, 5) is 34.5. The van der Waals surface area contributed by atoms with Crippen molar-refractivity contribution in [3.8, 4) is 17.5 Å². The molecule has 0 saturated carbocycles. The number of esters is 1. The highest BCUT2D eigenvalue weighted by atomic mass is 35.5. The van der Waals surface area contributed by atoms with Crippen molar-refractivity contribution in [1.82, 2.24) is 14.5 Å². The van der Waals surface area contributed by atoms with Crippen LogP contribution in [0.3, 0.4) is 0 Å². The van der Waals surface area contributed by atoms with Crippen LogP contribution < -0.4 is 10.9 Å². The molecule has 0 radical (unpaired) electrons. The SMILES string of the molecule is COC(=O)c1nc(Cl)ccc1N[C@H](C)c1cc(C)cc2c(=O)n(C)c(-c3ccc(C#N)cc3)nc12. The van der Waals surface area contributed by atoms with Gasteiger partial charge >= 0.3 is 5.97 Å². The number of nitrogens with one attached hydrogen (secondary N) is 1. The van der Waals surface area contributed by atoms with Gasteiger partial charge in [-0.2, -0.15) is 5.26 Å². The van der Waals surface area contributed by atoms with Gasteiger partial charge in [0, 0.05) is 18.2 Å². The summed E-state index contributed by atoms with van der Waals surface area (Å²) < 4.78 is 6.35. The molecule has 0 spiro atoms. The Morgan fingerprint density at radius 3 is 2.54 bits per heavy atom. The van der Waals surface area contributed by atoms with Gasteiger partial charge in [-0.25, -0.2) is 14.8 Å². The fourth-order valence-corrected chi connectivity index (χ4v) is 4.10. The molecule has 2 aromatic carbocycles. The monoisotopic (exact) mass is 487 g/mol. The van der Waals surface area contributed by atoms with E-state index in [-0.39, 0.29) is 22.4 Å². The number of halogens is 1. The molecule has 0 saturated heterocycles. The first-order chi connectivity index (χ1) is 16.7. The Hall–Kier alpha value is -4.22. The Morgan fingerprint density at radius 2 is 1.89 bits per heavy atom. The maximum Gasteiger partial charge on any atom is 0.358 e. The zero-order valence-electron chi connectivity index (χ0n) is 19.6. The standard InChI is InChI=1S/C26H22ClN5O3/c1-14-11-18(15(2)29-20-9-10-21(27)30-23(20)26(34)35-4)22-19(12-14)25(33)32(3)24(31-22)17-7-5-16(13-28)6-8-17/h5-12,15,29H,1-4H3/t15-/m1/s1. The lowest BCUT2D eigenvalue weighted by Crippen LogP contribution is -2.22. The van der Waals surface area contributed by atoms with Crippen molar-refractivity contribution < 1.29 is 9.53 Å². The molecule has 1 atom stereocenters. The molecule has 0 unspecified atom stereocenters. The minimum Gasteiger partial charge on any atom is -0.464 e. The first-order valence-electron chi connectivity index (χ1n) is 10.8. The van der Waals surface area contributed by atoms with Crippen LogP contribution in [0, 0.1) is 18.3 Å². The smallest absolute Gasteiger partial charge is 0.358 e. The third-order valence-corrected chi connectivity index (χ3v) is 5.92. The summed E-state index contributed by atoms with van der Waals surface area (Å²) in [7, 11) is 2.95. The average Bonchev–Trinajstić information content (AvgIpc) is 2.86. The fraction of sp³-hybridized carbons (Fsp3) is 0.192. The molecule has 0 aliphatic carbocycles. The van der Waals surface area contributed by atoms with Gasteiger partial charge in [0.2, 0.25) is 0 Å². The van der Waals surface area contributed by atoms with Crippen LogP contribution >= 0.6 is 11.6 Å². The lowest BCUT2D eigenvalue weighted by molar-refractivity contribution is 0.0595. The number of nitrogens with zero attached hydrogens (tertiary/aromatic N) is 4. The van der Waals surface area contributed by atoms with Crippen LogP contribution in [-0.2, 0) is 11.8 Å². The van der Waals surface area contributed by atoms with Crippen molar-refractivity contribution in [2.45, 2.75) is 19.9 Å². The Morgan fingerprint density at radius 1 is 1.17 bits per heavy atom. The largest absolute Gasteiger partial charge is 0.464 e. The van der Waals surface area contributed by atoms with Crippen LogP contribution in [0.5, 0.6) is 0 Å². The number of benzene rings is 2. The van der Waals surface area contributed by atoms with Crippen molar-refractivity contribution in [2.75, 3.05) is 12.4 Å². The minimum atomic E-state index is -0.619. The van der Waals surface area contributed by atoms with Crippen LogP contribution in [0.1, 0.15) is 40.1 Å². The first-order valence-corrected chi connectivity index (χ1v) is 11.1. The second-order valence-corrected chi connectivity index (χ2v) is 8.51. The summed E-state index contributed by atoms with van der Waals surface area (Å²) >= 11 is 5.99. The van der Waals surface area contributed by atoms with Crippen molar-refractivity contribution >= 4 is 34.2 Å². The van der Waals surface area contributed by atoms with E-state index < -0.39 is 5.97 Å². The zero-order valence-corrected chi connectivity index (χ0v) is 20.3. The highest BCUT2D eigenvalue weighted by molar-refractivity contribution is 6.29. The van der Waals surface area contributed by atoms with Gasteiger partial charge in [0.15, 0.2) is 5.69 Å². The second kappa shape index (κ2) is 9.57. The van der Waals surface area contributed by atoms with E-state index in [2.05, 4.69) is 16.4 Å². The number of nitriles is 1. The van der Waals surface area contributed by atoms with E-state index in [0.29, 0.717) is 33.5 Å². The van der Waals surface area contributed by atoms with Gasteiger partial charge in [0.1, 0.15) is 11.0 Å². The number of rotatable bonds is 5. The van der Waals surface area contributed by atoms with E-state index in [4.69, 9.17) is 26.6 Å². The Balaban J connectivity index is 1.86. The first kappa shape index (κ1) is 23.9. The molecule has 0 aliphatic heterocycles. The summed E-state index contributed by atoms with van der Waals surface area (Å²) in [5.74, 6) is -0.140. The molecule has 0 bridgehead atoms. The average molecular weight is 488 g/mol. The maximum absolute atomic E-state index is 13.3. The zero-order chi connectivity index (χ0) is 25.3. The van der Waals surface area contributed by atoms with Crippen LogP contribution in [0.4, 0.5) is 5.69 Å². The van der Waals surface area contributed by atoms with Crippen LogP contribution in [-0.4, -0.2) is 27.6 Å². The van der Waals surface area contributed by atoms with Gasteiger partial charge in [-0.1, -0.05) is 17.7 Å². The number of aromatic nitrogens is 3. The predicted octanol–water partition coefficient (Wildman–Crippen LogP) is 4.79. The van der Waals surface area contributed by atoms with Crippen molar-refractivity contribution in [3.05, 3.63) is 86.4 Å². The van der Waals surface area contributed by atoms with E-state index in [1.54, 1.807) is 43.4 Å². The second-order valence-electron chi connectivity index (χ2n) is 8.13. The predicted molar refractivity (Wildman–Crippen MR) is 134 cm³/mol. The molecule has 0 aliphatic rings. The van der Waals surface area contributed by atoms with E-state index in [1.165, 1.54) is 11.7 Å². The quantitative estimate of drug-likeness (QED) is 0.318. The van der Waals surface area contributed by atoms with E-state index in [1.807, 2.05) is 26.0 Å². The molecular formula is C26H22ClN5O3. The lowest BCUT2D eigenvalue weighted by Gasteiger charge is -2.20. The molecule has 176 valence electrons. The summed E-state index contributed by atoms with van der Waals surface area (Å²) in [6.45, 7) is 3.82. The molecule has 0 amide bonds. The summed E-state index contributed by atoms with van der Waals surface area (Å²) in [5, 5.41) is 13.0. The molecule has 1 N–H and O–H groups in total. The number of fused-ring (bicyclic) bond motifs is 1. The Bertz CT molecular complexity index is 1560. The highest BCUT2D eigenvalue weighted by Crippen LogP contribution is 2.29. The Labute approximate surface area is 206 Å². The molecular weight excluding hydrogens is 466 g/mol. The summed E-state index contributed by atoms with van der Waals surface area (Å²) in [6.07, 6.45) is 0. The Kier molecular flexibility index (Phi) is 6.54. The van der Waals surface area contributed by atoms with Crippen molar-refractivity contribution in [1.29, 1.82) is 5.26 Å². The highest BCUT2D eigenvalue weighted by Gasteiger charge is 2.20. The van der Waals surface area contributed by atoms with E-state index in [9.17, 15) is 9.59 Å².